The Balaban J connectivity index is 2.09. The molecule has 0 aliphatic carbocycles. The highest BCUT2D eigenvalue weighted by Gasteiger charge is 2.13. The van der Waals surface area contributed by atoms with Crippen LogP contribution in [0.25, 0.3) is 0 Å². The second-order valence-corrected chi connectivity index (χ2v) is 7.49. The smallest absolute Gasteiger partial charge is 0.0931 e. The third kappa shape index (κ3) is 5.14. The van der Waals surface area contributed by atoms with Crippen LogP contribution in [0.15, 0.2) is 30.3 Å². The normalized spacial score (nSPS) is 12.6. The fourth-order valence-electron chi connectivity index (χ4n) is 2.55. The van der Waals surface area contributed by atoms with Gasteiger partial charge in [0.05, 0.1) is 4.34 Å². The van der Waals surface area contributed by atoms with Crippen LogP contribution in [0, 0.1) is 13.8 Å². The second-order valence-electron chi connectivity index (χ2n) is 5.70. The lowest BCUT2D eigenvalue weighted by molar-refractivity contribution is 0.506. The van der Waals surface area contributed by atoms with Crippen LogP contribution < -0.4 is 5.32 Å². The Morgan fingerprint density at radius 2 is 1.95 bits per heavy atom. The molecule has 1 N–H and O–H groups in total. The summed E-state index contributed by atoms with van der Waals surface area (Å²) in [6.45, 7) is 7.64. The van der Waals surface area contributed by atoms with E-state index in [-0.39, 0.29) is 0 Å². The molecule has 0 aliphatic heterocycles. The third-order valence-corrected chi connectivity index (χ3v) is 4.98. The molecule has 2 aromatic rings. The van der Waals surface area contributed by atoms with Gasteiger partial charge in [0.15, 0.2) is 0 Å². The summed E-state index contributed by atoms with van der Waals surface area (Å²) in [7, 11) is 0. The first-order chi connectivity index (χ1) is 10.1. The highest BCUT2D eigenvalue weighted by atomic mass is 35.5. The lowest BCUT2D eigenvalue weighted by Crippen LogP contribution is -2.33. The number of rotatable bonds is 7. The molecule has 0 radical (unpaired) electrons. The van der Waals surface area contributed by atoms with Gasteiger partial charge in [0, 0.05) is 10.9 Å². The van der Waals surface area contributed by atoms with Crippen LogP contribution in [0.1, 0.15) is 34.9 Å². The molecule has 114 valence electrons. The van der Waals surface area contributed by atoms with Crippen molar-refractivity contribution in [2.45, 2.75) is 46.1 Å². The average Bonchev–Trinajstić information content (AvgIpc) is 2.85. The lowest BCUT2D eigenvalue weighted by Gasteiger charge is -2.19. The Morgan fingerprint density at radius 3 is 2.62 bits per heavy atom. The summed E-state index contributed by atoms with van der Waals surface area (Å²) in [4.78, 5) is 1.36. The first-order valence-electron chi connectivity index (χ1n) is 7.62. The van der Waals surface area contributed by atoms with Crippen LogP contribution in [0.5, 0.6) is 0 Å². The van der Waals surface area contributed by atoms with Gasteiger partial charge in [0.2, 0.25) is 0 Å². The second kappa shape index (κ2) is 7.98. The molecule has 21 heavy (non-hydrogen) atoms. The Hall–Kier alpha value is -0.830. The summed E-state index contributed by atoms with van der Waals surface area (Å²) < 4.78 is 0.881. The van der Waals surface area contributed by atoms with Gasteiger partial charge in [-0.25, -0.2) is 0 Å². The van der Waals surface area contributed by atoms with Crippen molar-refractivity contribution in [2.75, 3.05) is 6.54 Å². The van der Waals surface area contributed by atoms with Crippen molar-refractivity contribution >= 4 is 22.9 Å². The number of benzene rings is 1. The summed E-state index contributed by atoms with van der Waals surface area (Å²) in [5.41, 5.74) is 4.17. The Bertz CT molecular complexity index is 576. The standard InChI is InChI=1S/C18H24ClNS/c1-4-9-20-16(12-17-7-8-18(19)21-17)11-15-10-13(2)5-6-14(15)3/h5-8,10,16,20H,4,9,11-12H2,1-3H3. The third-order valence-electron chi connectivity index (χ3n) is 3.73. The lowest BCUT2D eigenvalue weighted by atomic mass is 9.97. The topological polar surface area (TPSA) is 12.0 Å². The number of thiophene rings is 1. The van der Waals surface area contributed by atoms with E-state index in [2.05, 4.69) is 50.4 Å². The van der Waals surface area contributed by atoms with E-state index in [9.17, 15) is 0 Å². The predicted octanol–water partition coefficient (Wildman–Crippen LogP) is 5.17. The summed E-state index contributed by atoms with van der Waals surface area (Å²) in [5.74, 6) is 0. The van der Waals surface area contributed by atoms with E-state index in [0.717, 1.165) is 30.1 Å². The molecule has 1 unspecified atom stereocenters. The van der Waals surface area contributed by atoms with Crippen LogP contribution in [-0.2, 0) is 12.8 Å². The predicted molar refractivity (Wildman–Crippen MR) is 94.7 cm³/mol. The molecule has 1 nitrogen and oxygen atoms in total. The molecule has 0 amide bonds. The molecule has 1 aromatic heterocycles. The van der Waals surface area contributed by atoms with Gasteiger partial charge in [0.25, 0.3) is 0 Å². The van der Waals surface area contributed by atoms with E-state index in [1.165, 1.54) is 21.6 Å². The number of aryl methyl sites for hydroxylation is 2. The number of hydrogen-bond acceptors (Lipinski definition) is 2. The number of nitrogens with one attached hydrogen (secondary N) is 1. The van der Waals surface area contributed by atoms with Crippen molar-refractivity contribution in [3.8, 4) is 0 Å². The van der Waals surface area contributed by atoms with Gasteiger partial charge in [-0.2, -0.15) is 0 Å². The molecule has 1 heterocycles. The molecule has 1 atom stereocenters. The highest BCUT2D eigenvalue weighted by molar-refractivity contribution is 7.16. The van der Waals surface area contributed by atoms with Crippen molar-refractivity contribution in [1.82, 2.24) is 5.32 Å². The largest absolute Gasteiger partial charge is 0.313 e. The zero-order chi connectivity index (χ0) is 15.2. The van der Waals surface area contributed by atoms with E-state index in [0.29, 0.717) is 6.04 Å². The maximum atomic E-state index is 6.05. The fourth-order valence-corrected chi connectivity index (χ4v) is 3.72. The van der Waals surface area contributed by atoms with Gasteiger partial charge in [-0.1, -0.05) is 42.3 Å². The van der Waals surface area contributed by atoms with Crippen molar-refractivity contribution in [1.29, 1.82) is 0 Å². The minimum atomic E-state index is 0.472. The molecular formula is C18H24ClNS. The van der Waals surface area contributed by atoms with Crippen LogP contribution in [0.3, 0.4) is 0 Å². The van der Waals surface area contributed by atoms with Crippen molar-refractivity contribution in [3.05, 3.63) is 56.2 Å². The highest BCUT2D eigenvalue weighted by Crippen LogP contribution is 2.23. The van der Waals surface area contributed by atoms with Gasteiger partial charge in [-0.3, -0.25) is 0 Å². The quantitative estimate of drug-likeness (QED) is 0.741. The maximum Gasteiger partial charge on any atom is 0.0931 e. The van der Waals surface area contributed by atoms with Crippen molar-refractivity contribution in [3.63, 3.8) is 0 Å². The zero-order valence-electron chi connectivity index (χ0n) is 13.1. The molecule has 0 fully saturated rings. The minimum Gasteiger partial charge on any atom is -0.313 e. The van der Waals surface area contributed by atoms with E-state index in [1.807, 2.05) is 6.07 Å². The van der Waals surface area contributed by atoms with Crippen molar-refractivity contribution in [2.24, 2.45) is 0 Å². The van der Waals surface area contributed by atoms with Gasteiger partial charge < -0.3 is 5.32 Å². The molecule has 0 spiro atoms. The van der Waals surface area contributed by atoms with E-state index < -0.39 is 0 Å². The number of hydrogen-bond donors (Lipinski definition) is 1. The van der Waals surface area contributed by atoms with Crippen LogP contribution in [-0.4, -0.2) is 12.6 Å². The van der Waals surface area contributed by atoms with Crippen LogP contribution in [0.4, 0.5) is 0 Å². The molecule has 0 saturated heterocycles. The Morgan fingerprint density at radius 1 is 1.14 bits per heavy atom. The molecular weight excluding hydrogens is 298 g/mol. The van der Waals surface area contributed by atoms with Gasteiger partial charge in [-0.05, 0) is 62.9 Å². The monoisotopic (exact) mass is 321 g/mol. The first kappa shape index (κ1) is 16.5. The Labute approximate surface area is 137 Å². The fraction of sp³-hybridized carbons (Fsp3) is 0.444. The summed E-state index contributed by atoms with van der Waals surface area (Å²) >= 11 is 7.75. The summed E-state index contributed by atoms with van der Waals surface area (Å²) in [6, 6.07) is 11.3. The minimum absolute atomic E-state index is 0.472. The molecule has 2 rings (SSSR count). The molecule has 1 aromatic carbocycles. The molecule has 3 heteroatoms. The van der Waals surface area contributed by atoms with Crippen molar-refractivity contribution < 1.29 is 0 Å². The molecule has 0 saturated carbocycles. The van der Waals surface area contributed by atoms with Crippen LogP contribution in [0.2, 0.25) is 4.34 Å². The maximum absolute atomic E-state index is 6.05. The van der Waals surface area contributed by atoms with Gasteiger partial charge in [0.1, 0.15) is 0 Å². The zero-order valence-corrected chi connectivity index (χ0v) is 14.7. The van der Waals surface area contributed by atoms with E-state index >= 15 is 0 Å². The van der Waals surface area contributed by atoms with E-state index in [1.54, 1.807) is 11.3 Å². The van der Waals surface area contributed by atoms with E-state index in [4.69, 9.17) is 11.6 Å². The first-order valence-corrected chi connectivity index (χ1v) is 8.81. The van der Waals surface area contributed by atoms with Crippen LogP contribution >= 0.6 is 22.9 Å². The average molecular weight is 322 g/mol. The number of halogens is 1. The van der Waals surface area contributed by atoms with Gasteiger partial charge in [-0.15, -0.1) is 11.3 Å². The molecule has 0 aliphatic rings. The SMILES string of the molecule is CCCNC(Cc1ccc(Cl)s1)Cc1cc(C)ccc1C. The molecule has 0 bridgehead atoms. The van der Waals surface area contributed by atoms with Gasteiger partial charge >= 0.3 is 0 Å². The summed E-state index contributed by atoms with van der Waals surface area (Å²) in [6.07, 6.45) is 3.28. The Kier molecular flexibility index (Phi) is 6.28. The summed E-state index contributed by atoms with van der Waals surface area (Å²) in [5, 5.41) is 3.69.